The van der Waals surface area contributed by atoms with Gasteiger partial charge in [0.1, 0.15) is 5.75 Å². The molecule has 116 valence electrons. The number of ketones is 2. The first-order valence-corrected chi connectivity index (χ1v) is 7.03. The van der Waals surface area contributed by atoms with E-state index in [0.717, 1.165) is 6.07 Å². The molecule has 0 amide bonds. The summed E-state index contributed by atoms with van der Waals surface area (Å²) in [6, 6.07) is 3.71. The van der Waals surface area contributed by atoms with Gasteiger partial charge in [0.15, 0.2) is 11.6 Å². The van der Waals surface area contributed by atoms with Crippen molar-refractivity contribution in [1.29, 1.82) is 0 Å². The Labute approximate surface area is 135 Å². The molecule has 7 heteroatoms. The fraction of sp³-hybridized carbons (Fsp3) is 0.125. The third-order valence-electron chi connectivity index (χ3n) is 4.11. The van der Waals surface area contributed by atoms with Gasteiger partial charge in [-0.1, -0.05) is 11.6 Å². The SMILES string of the molecule is CC1=C(C)C(=O)c2c(c(O)c3cc([N+](=O)[O-])ccc3c2Cl)C1=O. The van der Waals surface area contributed by atoms with Crippen molar-refractivity contribution < 1.29 is 19.6 Å². The number of nitro groups is 1. The standard InChI is InChI=1S/C16H10ClNO5/c1-6-7(2)15(20)12-11(14(6)19)13(17)9-4-3-8(18(22)23)5-10(9)16(12)21/h3-5,21H,1-2H3. The summed E-state index contributed by atoms with van der Waals surface area (Å²) in [5.41, 5.74) is -0.0136. The zero-order chi connectivity index (χ0) is 17.0. The third-order valence-corrected chi connectivity index (χ3v) is 4.50. The van der Waals surface area contributed by atoms with E-state index in [1.54, 1.807) is 0 Å². The Morgan fingerprint density at radius 1 is 1.04 bits per heavy atom. The van der Waals surface area contributed by atoms with Crippen LogP contribution in [0.2, 0.25) is 5.02 Å². The molecule has 0 spiro atoms. The second kappa shape index (κ2) is 4.89. The summed E-state index contributed by atoms with van der Waals surface area (Å²) >= 11 is 6.26. The Kier molecular flexibility index (Phi) is 3.23. The van der Waals surface area contributed by atoms with Gasteiger partial charge in [0.05, 0.1) is 21.1 Å². The first-order chi connectivity index (χ1) is 10.8. The first kappa shape index (κ1) is 15.2. The molecule has 0 aromatic heterocycles. The summed E-state index contributed by atoms with van der Waals surface area (Å²) in [6.07, 6.45) is 0. The number of carbonyl (C=O) groups excluding carboxylic acids is 2. The molecule has 3 rings (SSSR count). The molecular weight excluding hydrogens is 322 g/mol. The molecule has 0 saturated carbocycles. The van der Waals surface area contributed by atoms with Gasteiger partial charge in [0, 0.05) is 34.1 Å². The van der Waals surface area contributed by atoms with Crippen molar-refractivity contribution in [1.82, 2.24) is 0 Å². The van der Waals surface area contributed by atoms with Gasteiger partial charge in [-0.25, -0.2) is 0 Å². The van der Waals surface area contributed by atoms with Crippen LogP contribution in [-0.4, -0.2) is 21.6 Å². The van der Waals surface area contributed by atoms with E-state index < -0.39 is 22.2 Å². The second-order valence-electron chi connectivity index (χ2n) is 5.31. The summed E-state index contributed by atoms with van der Waals surface area (Å²) in [7, 11) is 0. The predicted molar refractivity (Wildman–Crippen MR) is 84.3 cm³/mol. The molecule has 6 nitrogen and oxygen atoms in total. The number of hydrogen-bond acceptors (Lipinski definition) is 5. The summed E-state index contributed by atoms with van der Waals surface area (Å²) in [5.74, 6) is -1.41. The van der Waals surface area contributed by atoms with Crippen LogP contribution in [0, 0.1) is 10.1 Å². The lowest BCUT2D eigenvalue weighted by molar-refractivity contribution is -0.384. The average Bonchev–Trinajstić information content (AvgIpc) is 2.53. The number of halogens is 1. The van der Waals surface area contributed by atoms with Gasteiger partial charge in [-0.15, -0.1) is 0 Å². The van der Waals surface area contributed by atoms with Crippen molar-refractivity contribution in [2.75, 3.05) is 0 Å². The van der Waals surface area contributed by atoms with E-state index in [2.05, 4.69) is 0 Å². The molecule has 2 aromatic rings. The number of non-ortho nitro benzene ring substituents is 1. The number of aromatic hydroxyl groups is 1. The maximum absolute atomic E-state index is 12.5. The molecule has 23 heavy (non-hydrogen) atoms. The number of hydrogen-bond donors (Lipinski definition) is 1. The summed E-state index contributed by atoms with van der Waals surface area (Å²) < 4.78 is 0. The molecule has 0 radical (unpaired) electrons. The molecule has 0 unspecified atom stereocenters. The summed E-state index contributed by atoms with van der Waals surface area (Å²) in [4.78, 5) is 35.2. The quantitative estimate of drug-likeness (QED) is 0.632. The first-order valence-electron chi connectivity index (χ1n) is 6.65. The van der Waals surface area contributed by atoms with Gasteiger partial charge in [-0.2, -0.15) is 0 Å². The Hall–Kier alpha value is -2.73. The van der Waals surface area contributed by atoms with E-state index in [9.17, 15) is 24.8 Å². The number of Topliss-reactive ketones (excluding diaryl/α,β-unsaturated/α-hetero) is 2. The fourth-order valence-electron chi connectivity index (χ4n) is 2.68. The molecule has 0 heterocycles. The molecule has 0 saturated heterocycles. The van der Waals surface area contributed by atoms with Crippen LogP contribution in [0.5, 0.6) is 5.75 Å². The maximum Gasteiger partial charge on any atom is 0.270 e. The van der Waals surface area contributed by atoms with Crippen LogP contribution in [0.3, 0.4) is 0 Å². The van der Waals surface area contributed by atoms with Crippen molar-refractivity contribution >= 4 is 39.6 Å². The second-order valence-corrected chi connectivity index (χ2v) is 5.69. The normalized spacial score (nSPS) is 14.4. The van der Waals surface area contributed by atoms with Crippen LogP contribution in [0.15, 0.2) is 29.3 Å². The highest BCUT2D eigenvalue weighted by molar-refractivity contribution is 6.43. The predicted octanol–water partition coefficient (Wildman–Crippen LogP) is 3.82. The highest BCUT2D eigenvalue weighted by Gasteiger charge is 2.34. The molecular formula is C16H10ClNO5. The average molecular weight is 332 g/mol. The van der Waals surface area contributed by atoms with Gasteiger partial charge >= 0.3 is 0 Å². The van der Waals surface area contributed by atoms with E-state index >= 15 is 0 Å². The number of allylic oxidation sites excluding steroid dienone is 2. The van der Waals surface area contributed by atoms with Crippen LogP contribution >= 0.6 is 11.6 Å². The number of benzene rings is 2. The van der Waals surface area contributed by atoms with E-state index in [1.165, 1.54) is 26.0 Å². The zero-order valence-corrected chi connectivity index (χ0v) is 12.9. The van der Waals surface area contributed by atoms with Gasteiger partial charge < -0.3 is 5.11 Å². The minimum atomic E-state index is -0.617. The topological polar surface area (TPSA) is 97.5 Å². The van der Waals surface area contributed by atoms with Gasteiger partial charge in [-0.05, 0) is 19.9 Å². The lowest BCUT2D eigenvalue weighted by Gasteiger charge is -2.20. The monoisotopic (exact) mass is 331 g/mol. The lowest BCUT2D eigenvalue weighted by Crippen LogP contribution is -2.20. The van der Waals surface area contributed by atoms with Gasteiger partial charge in [0.25, 0.3) is 5.69 Å². The number of fused-ring (bicyclic) bond motifs is 2. The molecule has 0 aliphatic heterocycles. The van der Waals surface area contributed by atoms with Gasteiger partial charge in [0.2, 0.25) is 0 Å². The summed E-state index contributed by atoms with van der Waals surface area (Å²) in [5, 5.41) is 21.7. The highest BCUT2D eigenvalue weighted by Crippen LogP contribution is 2.43. The zero-order valence-electron chi connectivity index (χ0n) is 12.1. The van der Waals surface area contributed by atoms with Crippen LogP contribution in [-0.2, 0) is 0 Å². The number of phenolic OH excluding ortho intramolecular Hbond substituents is 1. The van der Waals surface area contributed by atoms with E-state index in [0.29, 0.717) is 0 Å². The fourth-order valence-corrected chi connectivity index (χ4v) is 3.03. The molecule has 1 N–H and O–H groups in total. The van der Waals surface area contributed by atoms with Gasteiger partial charge in [-0.3, -0.25) is 19.7 Å². The number of phenols is 1. The third kappa shape index (κ3) is 1.95. The molecule has 1 aliphatic rings. The maximum atomic E-state index is 12.5. The van der Waals surface area contributed by atoms with Crippen molar-refractivity contribution in [2.24, 2.45) is 0 Å². The number of nitro benzene ring substituents is 1. The van der Waals surface area contributed by atoms with Crippen LogP contribution in [0.25, 0.3) is 10.8 Å². The number of nitrogens with zero attached hydrogens (tertiary/aromatic N) is 1. The van der Waals surface area contributed by atoms with Crippen LogP contribution < -0.4 is 0 Å². The Morgan fingerprint density at radius 2 is 1.61 bits per heavy atom. The molecule has 1 aliphatic carbocycles. The van der Waals surface area contributed by atoms with Crippen LogP contribution in [0.1, 0.15) is 34.6 Å². The highest BCUT2D eigenvalue weighted by atomic mass is 35.5. The van der Waals surface area contributed by atoms with Crippen molar-refractivity contribution in [3.05, 3.63) is 55.6 Å². The molecule has 0 fully saturated rings. The number of rotatable bonds is 1. The largest absolute Gasteiger partial charge is 0.506 e. The minimum absolute atomic E-state index is 0.00731. The van der Waals surface area contributed by atoms with Crippen molar-refractivity contribution in [3.8, 4) is 5.75 Å². The molecule has 0 bridgehead atoms. The Bertz CT molecular complexity index is 974. The smallest absolute Gasteiger partial charge is 0.270 e. The summed E-state index contributed by atoms with van der Waals surface area (Å²) in [6.45, 7) is 3.01. The van der Waals surface area contributed by atoms with E-state index in [1.807, 2.05) is 0 Å². The molecule has 2 aromatic carbocycles. The molecule has 0 atom stereocenters. The van der Waals surface area contributed by atoms with Crippen LogP contribution in [0.4, 0.5) is 5.69 Å². The van der Waals surface area contributed by atoms with Crippen molar-refractivity contribution in [2.45, 2.75) is 13.8 Å². The Morgan fingerprint density at radius 3 is 2.17 bits per heavy atom. The Balaban J connectivity index is 2.49. The van der Waals surface area contributed by atoms with E-state index in [4.69, 9.17) is 11.6 Å². The number of carbonyl (C=O) groups is 2. The van der Waals surface area contributed by atoms with Crippen molar-refractivity contribution in [3.63, 3.8) is 0 Å². The van der Waals surface area contributed by atoms with E-state index in [-0.39, 0.29) is 43.8 Å². The minimum Gasteiger partial charge on any atom is -0.506 e. The lowest BCUT2D eigenvalue weighted by atomic mass is 9.83.